The zero-order valence-electron chi connectivity index (χ0n) is 15.6. The second-order valence-corrected chi connectivity index (χ2v) is 6.56. The molecule has 2 heterocycles. The fourth-order valence-electron chi connectivity index (χ4n) is 3.15. The van der Waals surface area contributed by atoms with Crippen molar-refractivity contribution in [1.82, 2.24) is 14.9 Å². The molecular formula is C19H25N5O3. The molecule has 8 heteroatoms. The minimum atomic E-state index is -0.501. The van der Waals surface area contributed by atoms with Crippen LogP contribution in [0.2, 0.25) is 0 Å². The number of hydrogen-bond acceptors (Lipinski definition) is 7. The van der Waals surface area contributed by atoms with Crippen LogP contribution in [0.4, 0.5) is 11.5 Å². The third-order valence-electron chi connectivity index (χ3n) is 4.69. The summed E-state index contributed by atoms with van der Waals surface area (Å²) < 4.78 is 5.66. The van der Waals surface area contributed by atoms with Crippen molar-refractivity contribution < 1.29 is 9.66 Å². The average Bonchev–Trinajstić information content (AvgIpc) is 2.69. The van der Waals surface area contributed by atoms with Crippen LogP contribution in [0.5, 0.6) is 11.6 Å². The number of aryl methyl sites for hydroxylation is 1. The van der Waals surface area contributed by atoms with Crippen LogP contribution in [0.25, 0.3) is 0 Å². The summed E-state index contributed by atoms with van der Waals surface area (Å²) >= 11 is 0. The predicted molar refractivity (Wildman–Crippen MR) is 103 cm³/mol. The Bertz CT molecular complexity index is 760. The second-order valence-electron chi connectivity index (χ2n) is 6.56. The number of nitrogens with one attached hydrogen (secondary N) is 1. The molecule has 0 saturated carbocycles. The molecule has 27 heavy (non-hydrogen) atoms. The third-order valence-corrected chi connectivity index (χ3v) is 4.69. The van der Waals surface area contributed by atoms with Crippen LogP contribution in [0, 0.1) is 10.1 Å². The maximum atomic E-state index is 11.6. The van der Waals surface area contributed by atoms with E-state index in [0.717, 1.165) is 26.1 Å². The summed E-state index contributed by atoms with van der Waals surface area (Å²) in [6.45, 7) is 5.64. The van der Waals surface area contributed by atoms with Crippen molar-refractivity contribution in [3.63, 3.8) is 0 Å². The van der Waals surface area contributed by atoms with Gasteiger partial charge in [0.25, 0.3) is 0 Å². The number of aromatic nitrogens is 2. The van der Waals surface area contributed by atoms with Crippen LogP contribution in [-0.4, -0.2) is 46.0 Å². The standard InChI is InChI=1S/C19H25N5O3/c1-2-15-6-8-16(9-7-15)27-19-17(24(25)26)18(21-14-22-19)20-10-13-23-11-4-3-5-12-23/h6-9,14H,2-5,10-13H2,1H3,(H,20,21,22). The molecule has 144 valence electrons. The van der Waals surface area contributed by atoms with E-state index in [1.807, 2.05) is 12.1 Å². The first-order valence-electron chi connectivity index (χ1n) is 9.39. The van der Waals surface area contributed by atoms with Crippen molar-refractivity contribution in [2.45, 2.75) is 32.6 Å². The Kier molecular flexibility index (Phi) is 6.54. The van der Waals surface area contributed by atoms with Gasteiger partial charge in [0.2, 0.25) is 5.82 Å². The van der Waals surface area contributed by atoms with E-state index in [1.165, 1.54) is 31.2 Å². The highest BCUT2D eigenvalue weighted by Crippen LogP contribution is 2.33. The maximum absolute atomic E-state index is 11.6. The van der Waals surface area contributed by atoms with Gasteiger partial charge in [0.1, 0.15) is 12.1 Å². The first kappa shape index (κ1) is 19.0. The number of anilines is 1. The number of benzene rings is 1. The quantitative estimate of drug-likeness (QED) is 0.559. The van der Waals surface area contributed by atoms with E-state index in [-0.39, 0.29) is 17.4 Å². The summed E-state index contributed by atoms with van der Waals surface area (Å²) in [5.41, 5.74) is 0.926. The molecule has 1 N–H and O–H groups in total. The smallest absolute Gasteiger partial charge is 0.373 e. The molecule has 2 aromatic rings. The van der Waals surface area contributed by atoms with Crippen LogP contribution in [0.15, 0.2) is 30.6 Å². The molecule has 1 aliphatic heterocycles. The molecule has 8 nitrogen and oxygen atoms in total. The molecule has 3 rings (SSSR count). The van der Waals surface area contributed by atoms with Crippen molar-refractivity contribution in [2.24, 2.45) is 0 Å². The van der Waals surface area contributed by atoms with Crippen molar-refractivity contribution in [1.29, 1.82) is 0 Å². The highest BCUT2D eigenvalue weighted by Gasteiger charge is 2.25. The largest absolute Gasteiger partial charge is 0.434 e. The number of piperidine rings is 1. The summed E-state index contributed by atoms with van der Waals surface area (Å²) in [6.07, 6.45) is 5.90. The third kappa shape index (κ3) is 5.13. The zero-order valence-corrected chi connectivity index (χ0v) is 15.6. The molecule has 0 aliphatic carbocycles. The van der Waals surface area contributed by atoms with E-state index in [1.54, 1.807) is 12.1 Å². The van der Waals surface area contributed by atoms with Crippen molar-refractivity contribution in [2.75, 3.05) is 31.5 Å². The summed E-state index contributed by atoms with van der Waals surface area (Å²) in [4.78, 5) is 21.5. The van der Waals surface area contributed by atoms with Gasteiger partial charge < -0.3 is 15.0 Å². The van der Waals surface area contributed by atoms with E-state index >= 15 is 0 Å². The van der Waals surface area contributed by atoms with E-state index < -0.39 is 4.92 Å². The number of nitrogens with zero attached hydrogens (tertiary/aromatic N) is 4. The fraction of sp³-hybridized carbons (Fsp3) is 0.474. The van der Waals surface area contributed by atoms with E-state index in [0.29, 0.717) is 12.3 Å². The summed E-state index contributed by atoms with van der Waals surface area (Å²) in [5, 5.41) is 14.7. The Morgan fingerprint density at radius 2 is 1.93 bits per heavy atom. The van der Waals surface area contributed by atoms with Gasteiger partial charge in [-0.25, -0.2) is 4.98 Å². The lowest BCUT2D eigenvalue weighted by Gasteiger charge is -2.26. The monoisotopic (exact) mass is 371 g/mol. The Morgan fingerprint density at radius 3 is 2.59 bits per heavy atom. The Balaban J connectivity index is 1.70. The molecule has 1 aromatic carbocycles. The zero-order chi connectivity index (χ0) is 19.1. The first-order chi connectivity index (χ1) is 13.2. The molecule has 0 amide bonds. The lowest BCUT2D eigenvalue weighted by molar-refractivity contribution is -0.385. The summed E-state index contributed by atoms with van der Waals surface area (Å²) in [7, 11) is 0. The van der Waals surface area contributed by atoms with E-state index in [2.05, 4.69) is 27.1 Å². The molecule has 0 radical (unpaired) electrons. The molecule has 0 unspecified atom stereocenters. The molecule has 0 spiro atoms. The van der Waals surface area contributed by atoms with Gasteiger partial charge in [-0.3, -0.25) is 10.1 Å². The minimum absolute atomic E-state index is 0.0558. The lowest BCUT2D eigenvalue weighted by Crippen LogP contribution is -2.33. The molecule has 1 saturated heterocycles. The van der Waals surface area contributed by atoms with Gasteiger partial charge in [-0.15, -0.1) is 0 Å². The van der Waals surface area contributed by atoms with Gasteiger partial charge in [0.05, 0.1) is 4.92 Å². The highest BCUT2D eigenvalue weighted by atomic mass is 16.6. The summed E-state index contributed by atoms with van der Waals surface area (Å²) in [6, 6.07) is 7.43. The van der Waals surface area contributed by atoms with Crippen LogP contribution in [0.1, 0.15) is 31.7 Å². The summed E-state index contributed by atoms with van der Waals surface area (Å²) in [5.74, 6) is 0.639. The molecule has 1 aliphatic rings. The van der Waals surface area contributed by atoms with E-state index in [4.69, 9.17) is 4.74 Å². The predicted octanol–water partition coefficient (Wildman–Crippen LogP) is 3.64. The molecule has 1 fully saturated rings. The van der Waals surface area contributed by atoms with Crippen LogP contribution >= 0.6 is 0 Å². The number of ether oxygens (including phenoxy) is 1. The highest BCUT2D eigenvalue weighted by molar-refractivity contribution is 5.61. The molecular weight excluding hydrogens is 346 g/mol. The molecule has 1 aromatic heterocycles. The van der Waals surface area contributed by atoms with Gasteiger partial charge in [-0.2, -0.15) is 4.98 Å². The van der Waals surface area contributed by atoms with E-state index in [9.17, 15) is 10.1 Å². The fourth-order valence-corrected chi connectivity index (χ4v) is 3.15. The van der Waals surface area contributed by atoms with Gasteiger partial charge in [-0.1, -0.05) is 25.5 Å². The minimum Gasteiger partial charge on any atom is -0.434 e. The van der Waals surface area contributed by atoms with Gasteiger partial charge in [0.15, 0.2) is 0 Å². The number of nitro groups is 1. The Morgan fingerprint density at radius 1 is 1.19 bits per heavy atom. The van der Waals surface area contributed by atoms with Gasteiger partial charge in [-0.05, 0) is 50.0 Å². The van der Waals surface area contributed by atoms with Crippen molar-refractivity contribution in [3.05, 3.63) is 46.3 Å². The van der Waals surface area contributed by atoms with Crippen LogP contribution in [-0.2, 0) is 6.42 Å². The molecule has 0 bridgehead atoms. The average molecular weight is 371 g/mol. The van der Waals surface area contributed by atoms with Crippen molar-refractivity contribution in [3.8, 4) is 11.6 Å². The SMILES string of the molecule is CCc1ccc(Oc2ncnc(NCCN3CCCCC3)c2[N+](=O)[O-])cc1. The molecule has 0 atom stereocenters. The van der Waals surface area contributed by atoms with Gasteiger partial charge >= 0.3 is 11.6 Å². The number of likely N-dealkylation sites (tertiary alicyclic amines) is 1. The lowest BCUT2D eigenvalue weighted by atomic mass is 10.1. The Hall–Kier alpha value is -2.74. The Labute approximate surface area is 158 Å². The topological polar surface area (TPSA) is 93.4 Å². The number of rotatable bonds is 8. The van der Waals surface area contributed by atoms with Crippen molar-refractivity contribution >= 4 is 11.5 Å². The normalized spacial score (nSPS) is 14.7. The van der Waals surface area contributed by atoms with Crippen LogP contribution in [0.3, 0.4) is 0 Å². The number of hydrogen-bond donors (Lipinski definition) is 1. The van der Waals surface area contributed by atoms with Gasteiger partial charge in [0, 0.05) is 13.1 Å². The maximum Gasteiger partial charge on any atom is 0.373 e. The van der Waals surface area contributed by atoms with Crippen LogP contribution < -0.4 is 10.1 Å². The second kappa shape index (κ2) is 9.27. The first-order valence-corrected chi connectivity index (χ1v) is 9.39.